The van der Waals surface area contributed by atoms with Gasteiger partial charge in [0.25, 0.3) is 11.8 Å². The fourth-order valence-corrected chi connectivity index (χ4v) is 3.86. The molecule has 1 aromatic heterocycles. The monoisotopic (exact) mass is 378 g/mol. The highest BCUT2D eigenvalue weighted by Crippen LogP contribution is 2.32. The molecule has 0 saturated heterocycles. The second kappa shape index (κ2) is 7.80. The van der Waals surface area contributed by atoms with E-state index < -0.39 is 6.03 Å². The SMILES string of the molecule is O=C(NCc1ccccn1)Nc1ccc2c(c1)C(=O)N(C1CCCCC1)C2=O. The highest BCUT2D eigenvalue weighted by molar-refractivity contribution is 6.22. The van der Waals surface area contributed by atoms with Crippen molar-refractivity contribution in [3.8, 4) is 0 Å². The molecule has 1 fully saturated rings. The molecule has 4 rings (SSSR count). The number of imide groups is 1. The summed E-state index contributed by atoms with van der Waals surface area (Å²) >= 11 is 0. The minimum absolute atomic E-state index is 0.0146. The molecule has 2 aliphatic rings. The van der Waals surface area contributed by atoms with Gasteiger partial charge in [0.05, 0.1) is 23.4 Å². The van der Waals surface area contributed by atoms with E-state index >= 15 is 0 Å². The zero-order chi connectivity index (χ0) is 19.5. The van der Waals surface area contributed by atoms with Crippen LogP contribution < -0.4 is 10.6 Å². The van der Waals surface area contributed by atoms with Crippen molar-refractivity contribution in [2.45, 2.75) is 44.7 Å². The van der Waals surface area contributed by atoms with Crippen LogP contribution in [0.25, 0.3) is 0 Å². The molecule has 4 amide bonds. The molecule has 2 heterocycles. The summed E-state index contributed by atoms with van der Waals surface area (Å²) in [7, 11) is 0. The van der Waals surface area contributed by atoms with Crippen molar-refractivity contribution in [3.05, 3.63) is 59.4 Å². The zero-order valence-electron chi connectivity index (χ0n) is 15.5. The first-order chi connectivity index (χ1) is 13.6. The largest absolute Gasteiger partial charge is 0.332 e. The van der Waals surface area contributed by atoms with Crippen molar-refractivity contribution in [2.75, 3.05) is 5.32 Å². The van der Waals surface area contributed by atoms with Gasteiger partial charge in [0.15, 0.2) is 0 Å². The van der Waals surface area contributed by atoms with Crippen LogP contribution >= 0.6 is 0 Å². The number of nitrogens with one attached hydrogen (secondary N) is 2. The number of nitrogens with zero attached hydrogens (tertiary/aromatic N) is 2. The minimum Gasteiger partial charge on any atom is -0.332 e. The second-order valence-corrected chi connectivity index (χ2v) is 7.16. The van der Waals surface area contributed by atoms with E-state index in [9.17, 15) is 14.4 Å². The number of benzene rings is 1. The van der Waals surface area contributed by atoms with Crippen LogP contribution in [0.5, 0.6) is 0 Å². The average molecular weight is 378 g/mol. The molecule has 144 valence electrons. The van der Waals surface area contributed by atoms with Crippen molar-refractivity contribution in [1.82, 2.24) is 15.2 Å². The van der Waals surface area contributed by atoms with Gasteiger partial charge in [-0.25, -0.2) is 4.79 Å². The molecule has 28 heavy (non-hydrogen) atoms. The number of anilines is 1. The lowest BCUT2D eigenvalue weighted by atomic mass is 9.94. The Morgan fingerprint density at radius 1 is 1.04 bits per heavy atom. The van der Waals surface area contributed by atoms with Crippen LogP contribution in [0.3, 0.4) is 0 Å². The van der Waals surface area contributed by atoms with E-state index in [0.29, 0.717) is 23.4 Å². The normalized spacial score (nSPS) is 16.8. The lowest BCUT2D eigenvalue weighted by molar-refractivity contribution is 0.0549. The van der Waals surface area contributed by atoms with Gasteiger partial charge in [-0.15, -0.1) is 0 Å². The lowest BCUT2D eigenvalue weighted by Crippen LogP contribution is -2.40. The van der Waals surface area contributed by atoms with Crippen molar-refractivity contribution >= 4 is 23.5 Å². The molecular formula is C21H22N4O3. The zero-order valence-corrected chi connectivity index (χ0v) is 15.5. The number of urea groups is 1. The first-order valence-corrected chi connectivity index (χ1v) is 9.60. The van der Waals surface area contributed by atoms with Crippen LogP contribution in [-0.2, 0) is 6.54 Å². The van der Waals surface area contributed by atoms with E-state index in [1.165, 1.54) is 4.90 Å². The molecule has 0 atom stereocenters. The van der Waals surface area contributed by atoms with Gasteiger partial charge in [-0.1, -0.05) is 25.3 Å². The highest BCUT2D eigenvalue weighted by Gasteiger charge is 2.40. The van der Waals surface area contributed by atoms with Gasteiger partial charge in [-0.2, -0.15) is 0 Å². The fraction of sp³-hybridized carbons (Fsp3) is 0.333. The molecule has 7 nitrogen and oxygen atoms in total. The van der Waals surface area contributed by atoms with Crippen molar-refractivity contribution in [2.24, 2.45) is 0 Å². The third-order valence-electron chi connectivity index (χ3n) is 5.27. The predicted octanol–water partition coefficient (Wildman–Crippen LogP) is 3.33. The quantitative estimate of drug-likeness (QED) is 0.799. The molecule has 0 bridgehead atoms. The second-order valence-electron chi connectivity index (χ2n) is 7.16. The molecule has 1 aromatic carbocycles. The number of rotatable bonds is 4. The topological polar surface area (TPSA) is 91.4 Å². The summed E-state index contributed by atoms with van der Waals surface area (Å²) in [4.78, 5) is 43.2. The summed E-state index contributed by atoms with van der Waals surface area (Å²) < 4.78 is 0. The third kappa shape index (κ3) is 3.60. The number of amides is 4. The summed E-state index contributed by atoms with van der Waals surface area (Å²) in [5.41, 5.74) is 1.99. The van der Waals surface area contributed by atoms with Crippen molar-refractivity contribution < 1.29 is 14.4 Å². The Balaban J connectivity index is 1.43. The van der Waals surface area contributed by atoms with Crippen LogP contribution in [0.4, 0.5) is 10.5 Å². The van der Waals surface area contributed by atoms with Crippen LogP contribution in [-0.4, -0.2) is 33.8 Å². The van der Waals surface area contributed by atoms with Gasteiger partial charge < -0.3 is 10.6 Å². The molecule has 0 spiro atoms. The minimum atomic E-state index is -0.397. The Morgan fingerprint density at radius 2 is 1.82 bits per heavy atom. The standard InChI is InChI=1S/C21H22N4O3/c26-19-17-10-9-14(24-21(28)23-13-15-6-4-5-11-22-15)12-18(17)20(27)25(19)16-7-2-1-3-8-16/h4-6,9-12,16H,1-3,7-8,13H2,(H2,23,24,28). The molecule has 0 unspecified atom stereocenters. The first kappa shape index (κ1) is 18.2. The van der Waals surface area contributed by atoms with Gasteiger partial charge in [-0.05, 0) is 43.2 Å². The van der Waals surface area contributed by atoms with Gasteiger partial charge in [0, 0.05) is 17.9 Å². The van der Waals surface area contributed by atoms with Gasteiger partial charge in [0.1, 0.15) is 0 Å². The smallest absolute Gasteiger partial charge is 0.319 e. The van der Waals surface area contributed by atoms with E-state index in [1.54, 1.807) is 24.4 Å². The van der Waals surface area contributed by atoms with Crippen LogP contribution in [0.15, 0.2) is 42.6 Å². The van der Waals surface area contributed by atoms with Crippen molar-refractivity contribution in [3.63, 3.8) is 0 Å². The van der Waals surface area contributed by atoms with Gasteiger partial charge in [-0.3, -0.25) is 19.5 Å². The van der Waals surface area contributed by atoms with E-state index in [4.69, 9.17) is 0 Å². The summed E-state index contributed by atoms with van der Waals surface area (Å²) in [6.45, 7) is 0.296. The molecule has 1 aliphatic heterocycles. The molecule has 1 aliphatic carbocycles. The maximum Gasteiger partial charge on any atom is 0.319 e. The van der Waals surface area contributed by atoms with Crippen LogP contribution in [0.1, 0.15) is 58.5 Å². The fourth-order valence-electron chi connectivity index (χ4n) is 3.86. The van der Waals surface area contributed by atoms with E-state index in [-0.39, 0.29) is 17.9 Å². The van der Waals surface area contributed by atoms with Gasteiger partial charge >= 0.3 is 6.03 Å². The molecule has 7 heteroatoms. The maximum atomic E-state index is 12.8. The third-order valence-corrected chi connectivity index (χ3v) is 5.27. The van der Waals surface area contributed by atoms with Crippen LogP contribution in [0, 0.1) is 0 Å². The van der Waals surface area contributed by atoms with Gasteiger partial charge in [0.2, 0.25) is 0 Å². The highest BCUT2D eigenvalue weighted by atomic mass is 16.2. The number of aromatic nitrogens is 1. The number of hydrogen-bond acceptors (Lipinski definition) is 4. The Kier molecular flexibility index (Phi) is 5.06. The van der Waals surface area contributed by atoms with Crippen molar-refractivity contribution in [1.29, 1.82) is 0 Å². The Labute approximate surface area is 163 Å². The van der Waals surface area contributed by atoms with E-state index in [0.717, 1.165) is 37.8 Å². The van der Waals surface area contributed by atoms with Crippen LogP contribution in [0.2, 0.25) is 0 Å². The number of fused-ring (bicyclic) bond motifs is 1. The Bertz CT molecular complexity index is 907. The maximum absolute atomic E-state index is 12.8. The molecular weight excluding hydrogens is 356 g/mol. The Hall–Kier alpha value is -3.22. The summed E-state index contributed by atoms with van der Waals surface area (Å²) in [5, 5.41) is 5.43. The van der Waals surface area contributed by atoms with E-state index in [2.05, 4.69) is 15.6 Å². The summed E-state index contributed by atoms with van der Waals surface area (Å²) in [6, 6.07) is 9.91. The van der Waals surface area contributed by atoms with E-state index in [1.807, 2.05) is 18.2 Å². The summed E-state index contributed by atoms with van der Waals surface area (Å²) in [6.07, 6.45) is 6.64. The number of pyridine rings is 1. The molecule has 2 aromatic rings. The number of carbonyl (C=O) groups is 3. The Morgan fingerprint density at radius 3 is 2.57 bits per heavy atom. The molecule has 0 radical (unpaired) electrons. The summed E-state index contributed by atoms with van der Waals surface area (Å²) in [5.74, 6) is -0.484. The predicted molar refractivity (Wildman–Crippen MR) is 104 cm³/mol. The number of hydrogen-bond donors (Lipinski definition) is 2. The lowest BCUT2D eigenvalue weighted by Gasteiger charge is -2.29. The molecule has 2 N–H and O–H groups in total. The first-order valence-electron chi connectivity index (χ1n) is 9.60. The molecule has 1 saturated carbocycles. The number of carbonyl (C=O) groups excluding carboxylic acids is 3. The average Bonchev–Trinajstić information content (AvgIpc) is 2.98.